The van der Waals surface area contributed by atoms with Gasteiger partial charge in [0.15, 0.2) is 0 Å². The van der Waals surface area contributed by atoms with E-state index in [4.69, 9.17) is 23.2 Å². The quantitative estimate of drug-likeness (QED) is 0.685. The monoisotopic (exact) mass is 290 g/mol. The van der Waals surface area contributed by atoms with Gasteiger partial charge in [-0.15, -0.1) is 0 Å². The van der Waals surface area contributed by atoms with Crippen LogP contribution in [0.15, 0.2) is 58.8 Å². The van der Waals surface area contributed by atoms with Gasteiger partial charge in [-0.25, -0.2) is 0 Å². The summed E-state index contributed by atoms with van der Waals surface area (Å²) >= 11 is 11.8. The van der Waals surface area contributed by atoms with Crippen molar-refractivity contribution in [3.63, 3.8) is 0 Å². The molecule has 2 aromatic carbocycles. The summed E-state index contributed by atoms with van der Waals surface area (Å²) in [5.41, 5.74) is 2.31. The van der Waals surface area contributed by atoms with Crippen LogP contribution >= 0.6 is 23.2 Å². The molecule has 0 N–H and O–H groups in total. The van der Waals surface area contributed by atoms with Gasteiger partial charge in [-0.05, 0) is 35.4 Å². The van der Waals surface area contributed by atoms with Gasteiger partial charge in [-0.3, -0.25) is 0 Å². The Morgan fingerprint density at radius 3 is 1.42 bits per heavy atom. The Morgan fingerprint density at radius 1 is 0.684 bits per heavy atom. The second-order valence-corrected chi connectivity index (χ2v) is 5.47. The van der Waals surface area contributed by atoms with Gasteiger partial charge in [0.25, 0.3) is 0 Å². The van der Waals surface area contributed by atoms with Crippen LogP contribution < -0.4 is 0 Å². The number of hydrogen-bond donors (Lipinski definition) is 0. The number of nitrogens with zero attached hydrogens (tertiary/aromatic N) is 2. The van der Waals surface area contributed by atoms with Crippen LogP contribution in [0.3, 0.4) is 0 Å². The third-order valence-electron chi connectivity index (χ3n) is 3.30. The highest BCUT2D eigenvalue weighted by atomic mass is 35.5. The van der Waals surface area contributed by atoms with Crippen LogP contribution in [0.4, 0.5) is 0 Å². The molecular formula is C15H12Cl2N2. The molecule has 2 atom stereocenters. The third kappa shape index (κ3) is 2.80. The van der Waals surface area contributed by atoms with Crippen LogP contribution in [0.1, 0.15) is 29.6 Å². The largest absolute Gasteiger partial charge is 0.185 e. The van der Waals surface area contributed by atoms with Crippen LogP contribution in [0.2, 0.25) is 10.0 Å². The number of azo groups is 1. The van der Waals surface area contributed by atoms with E-state index in [9.17, 15) is 0 Å². The van der Waals surface area contributed by atoms with Crippen LogP contribution in [0, 0.1) is 0 Å². The summed E-state index contributed by atoms with van der Waals surface area (Å²) in [4.78, 5) is 0. The zero-order valence-electron chi connectivity index (χ0n) is 10.1. The molecule has 1 aliphatic heterocycles. The van der Waals surface area contributed by atoms with E-state index >= 15 is 0 Å². The number of benzene rings is 2. The highest BCUT2D eigenvalue weighted by molar-refractivity contribution is 6.30. The van der Waals surface area contributed by atoms with Gasteiger partial charge in [-0.2, -0.15) is 10.2 Å². The fraction of sp³-hybridized carbons (Fsp3) is 0.200. The summed E-state index contributed by atoms with van der Waals surface area (Å²) in [6.45, 7) is 0. The van der Waals surface area contributed by atoms with Crippen molar-refractivity contribution in [3.05, 3.63) is 69.7 Å². The summed E-state index contributed by atoms with van der Waals surface area (Å²) in [7, 11) is 0. The van der Waals surface area contributed by atoms with Crippen molar-refractivity contribution in [1.82, 2.24) is 0 Å². The van der Waals surface area contributed by atoms with E-state index in [1.807, 2.05) is 48.5 Å². The van der Waals surface area contributed by atoms with Crippen molar-refractivity contribution in [2.75, 3.05) is 0 Å². The Kier molecular flexibility index (Phi) is 3.54. The standard InChI is InChI=1S/C15H12Cl2N2/c16-12-5-1-10(2-6-12)14-9-15(19-18-14)11-3-7-13(17)8-4-11/h1-8,14-15H,9H2. The predicted octanol–water partition coefficient (Wildman–Crippen LogP) is 5.63. The normalized spacial score (nSPS) is 21.8. The average Bonchev–Trinajstić information content (AvgIpc) is 2.90. The molecule has 0 aromatic heterocycles. The fourth-order valence-corrected chi connectivity index (χ4v) is 2.49. The summed E-state index contributed by atoms with van der Waals surface area (Å²) in [5.74, 6) is 0. The van der Waals surface area contributed by atoms with Crippen LogP contribution in [-0.2, 0) is 0 Å². The maximum atomic E-state index is 5.89. The topological polar surface area (TPSA) is 24.7 Å². The molecule has 2 unspecified atom stereocenters. The Bertz CT molecular complexity index is 537. The van der Waals surface area contributed by atoms with Gasteiger partial charge in [0.2, 0.25) is 0 Å². The molecule has 2 aromatic rings. The number of rotatable bonds is 2. The third-order valence-corrected chi connectivity index (χ3v) is 3.81. The van der Waals surface area contributed by atoms with Crippen molar-refractivity contribution in [3.8, 4) is 0 Å². The van der Waals surface area contributed by atoms with Gasteiger partial charge >= 0.3 is 0 Å². The Hall–Kier alpha value is -1.38. The predicted molar refractivity (Wildman–Crippen MR) is 77.9 cm³/mol. The Balaban J connectivity index is 1.76. The molecule has 3 rings (SSSR count). The minimum Gasteiger partial charge on any atom is -0.185 e. The second-order valence-electron chi connectivity index (χ2n) is 4.60. The molecule has 96 valence electrons. The van der Waals surface area contributed by atoms with Crippen molar-refractivity contribution in [2.24, 2.45) is 10.2 Å². The lowest BCUT2D eigenvalue weighted by Crippen LogP contribution is -1.96. The fourth-order valence-electron chi connectivity index (χ4n) is 2.24. The first kappa shape index (κ1) is 12.6. The highest BCUT2D eigenvalue weighted by Crippen LogP contribution is 2.38. The van der Waals surface area contributed by atoms with Crippen molar-refractivity contribution in [1.29, 1.82) is 0 Å². The number of hydrogen-bond acceptors (Lipinski definition) is 2. The van der Waals surface area contributed by atoms with Crippen molar-refractivity contribution < 1.29 is 0 Å². The first-order chi connectivity index (χ1) is 9.22. The summed E-state index contributed by atoms with van der Waals surface area (Å²) in [5, 5.41) is 10.2. The molecule has 2 nitrogen and oxygen atoms in total. The van der Waals surface area contributed by atoms with Gasteiger partial charge in [0.1, 0.15) is 0 Å². The molecule has 19 heavy (non-hydrogen) atoms. The summed E-state index contributed by atoms with van der Waals surface area (Å²) < 4.78 is 0. The highest BCUT2D eigenvalue weighted by Gasteiger charge is 2.24. The maximum Gasteiger partial charge on any atom is 0.0982 e. The molecule has 0 amide bonds. The SMILES string of the molecule is Clc1ccc(C2CC(c3ccc(Cl)cc3)N=N2)cc1. The lowest BCUT2D eigenvalue weighted by atomic mass is 9.97. The molecule has 0 fully saturated rings. The maximum absolute atomic E-state index is 5.89. The van der Waals surface area contributed by atoms with Crippen LogP contribution in [-0.4, -0.2) is 0 Å². The van der Waals surface area contributed by atoms with Gasteiger partial charge in [0, 0.05) is 16.5 Å². The summed E-state index contributed by atoms with van der Waals surface area (Å²) in [6.07, 6.45) is 0.892. The average molecular weight is 291 g/mol. The lowest BCUT2D eigenvalue weighted by molar-refractivity contribution is 0.659. The van der Waals surface area contributed by atoms with Gasteiger partial charge in [0.05, 0.1) is 12.1 Å². The minimum atomic E-state index is 0.123. The molecule has 0 saturated heterocycles. The van der Waals surface area contributed by atoms with Crippen LogP contribution in [0.5, 0.6) is 0 Å². The van der Waals surface area contributed by atoms with E-state index in [1.54, 1.807) is 0 Å². The zero-order chi connectivity index (χ0) is 13.2. The summed E-state index contributed by atoms with van der Waals surface area (Å²) in [6, 6.07) is 15.9. The first-order valence-electron chi connectivity index (χ1n) is 6.13. The molecule has 0 bridgehead atoms. The Labute approximate surface area is 122 Å². The second kappa shape index (κ2) is 5.32. The Morgan fingerprint density at radius 2 is 1.05 bits per heavy atom. The molecule has 0 radical (unpaired) electrons. The van der Waals surface area contributed by atoms with E-state index in [0.29, 0.717) is 0 Å². The van der Waals surface area contributed by atoms with Gasteiger partial charge in [-0.1, -0.05) is 47.5 Å². The first-order valence-corrected chi connectivity index (χ1v) is 6.89. The van der Waals surface area contributed by atoms with E-state index in [0.717, 1.165) is 27.6 Å². The molecule has 0 aliphatic carbocycles. The van der Waals surface area contributed by atoms with Gasteiger partial charge < -0.3 is 0 Å². The molecule has 1 aliphatic rings. The lowest BCUT2D eigenvalue weighted by Gasteiger charge is -2.09. The smallest absolute Gasteiger partial charge is 0.0982 e. The minimum absolute atomic E-state index is 0.123. The van der Waals surface area contributed by atoms with E-state index in [2.05, 4.69) is 10.2 Å². The van der Waals surface area contributed by atoms with Crippen molar-refractivity contribution >= 4 is 23.2 Å². The zero-order valence-corrected chi connectivity index (χ0v) is 11.6. The molecule has 4 heteroatoms. The van der Waals surface area contributed by atoms with Crippen LogP contribution in [0.25, 0.3) is 0 Å². The van der Waals surface area contributed by atoms with E-state index in [1.165, 1.54) is 0 Å². The molecule has 1 heterocycles. The molecular weight excluding hydrogens is 279 g/mol. The van der Waals surface area contributed by atoms with E-state index < -0.39 is 0 Å². The van der Waals surface area contributed by atoms with Crippen molar-refractivity contribution in [2.45, 2.75) is 18.5 Å². The molecule has 0 spiro atoms. The molecule has 0 saturated carbocycles. The number of halogens is 2. The van der Waals surface area contributed by atoms with E-state index in [-0.39, 0.29) is 12.1 Å².